The SMILES string of the molecule is COCC(=O)N1C[C@H](NC(=O)c2cc(C)c(O)c(C)c2)C(=O)N(CC(=O)N[C@H](C=O)CC(C)=O)c2ccccc21.COc1c(C)cc(C(=O)N[C@H]2CN(C(C)=O)c3ccccc3N(CC(=O)N[C@H](C=O)CC(C)=O)C2=O)cc1C. The van der Waals surface area contributed by atoms with E-state index in [-0.39, 0.29) is 72.7 Å². The number of hydrogen-bond donors (Lipinski definition) is 5. The van der Waals surface area contributed by atoms with Gasteiger partial charge in [0.2, 0.25) is 17.7 Å². The highest BCUT2D eigenvalue weighted by atomic mass is 16.5. The highest BCUT2D eigenvalue weighted by Crippen LogP contribution is 2.35. The molecule has 0 spiro atoms. The first kappa shape index (κ1) is 60.7. The van der Waals surface area contributed by atoms with Crippen molar-refractivity contribution in [3.05, 3.63) is 106 Å². The third kappa shape index (κ3) is 15.3. The van der Waals surface area contributed by atoms with Crippen LogP contribution in [-0.4, -0.2) is 148 Å². The number of rotatable bonds is 19. The largest absolute Gasteiger partial charge is 0.507 e. The molecule has 6 rings (SSSR count). The smallest absolute Gasteiger partial charge is 0.253 e. The number of para-hydroxylation sites is 4. The van der Waals surface area contributed by atoms with Crippen molar-refractivity contribution in [2.45, 2.75) is 85.5 Å². The van der Waals surface area contributed by atoms with Crippen molar-refractivity contribution < 1.29 is 72.1 Å². The maximum absolute atomic E-state index is 13.9. The number of hydrogen-bond acceptors (Lipinski definition) is 15. The number of phenols is 1. The number of nitrogens with one attached hydrogen (secondary N) is 4. The summed E-state index contributed by atoms with van der Waals surface area (Å²) in [4.78, 5) is 156. The van der Waals surface area contributed by atoms with E-state index in [2.05, 4.69) is 21.3 Å². The highest BCUT2D eigenvalue weighted by Gasteiger charge is 2.39. The Morgan fingerprint density at radius 2 is 0.987 bits per heavy atom. The van der Waals surface area contributed by atoms with E-state index in [9.17, 15) is 62.6 Å². The minimum Gasteiger partial charge on any atom is -0.507 e. The summed E-state index contributed by atoms with van der Waals surface area (Å²) in [5, 5.41) is 20.4. The fraction of sp³-hybridized carbons (Fsp3) is 0.357. The van der Waals surface area contributed by atoms with Crippen LogP contribution in [0.5, 0.6) is 11.5 Å². The first-order valence-corrected chi connectivity index (χ1v) is 24.9. The van der Waals surface area contributed by atoms with Gasteiger partial charge in [0, 0.05) is 38.0 Å². The molecule has 0 radical (unpaired) electrons. The van der Waals surface area contributed by atoms with Crippen molar-refractivity contribution in [3.63, 3.8) is 0 Å². The van der Waals surface area contributed by atoms with Crippen molar-refractivity contribution in [1.82, 2.24) is 21.3 Å². The molecule has 4 aromatic rings. The average molecular weight is 1090 g/mol. The Balaban J connectivity index is 0.000000291. The predicted molar refractivity (Wildman–Crippen MR) is 289 cm³/mol. The molecule has 23 heteroatoms. The lowest BCUT2D eigenvalue weighted by atomic mass is 10.0. The van der Waals surface area contributed by atoms with E-state index in [1.807, 2.05) is 0 Å². The number of carbonyl (C=O) groups is 12. The number of aromatic hydroxyl groups is 1. The number of amides is 8. The molecule has 2 aliphatic rings. The van der Waals surface area contributed by atoms with E-state index in [4.69, 9.17) is 9.47 Å². The first-order valence-electron chi connectivity index (χ1n) is 24.9. The minimum atomic E-state index is -1.28. The number of ether oxygens (including phenoxy) is 2. The van der Waals surface area contributed by atoms with Crippen LogP contribution >= 0.6 is 0 Å². The monoisotopic (exact) mass is 1090 g/mol. The van der Waals surface area contributed by atoms with E-state index >= 15 is 0 Å². The van der Waals surface area contributed by atoms with Crippen LogP contribution in [0.15, 0.2) is 72.8 Å². The molecular weight excluding hydrogens is 1020 g/mol. The van der Waals surface area contributed by atoms with Crippen molar-refractivity contribution in [3.8, 4) is 11.5 Å². The summed E-state index contributed by atoms with van der Waals surface area (Å²) in [5.74, 6) is -4.59. The van der Waals surface area contributed by atoms with Crippen LogP contribution in [0.25, 0.3) is 0 Å². The molecule has 4 aromatic carbocycles. The van der Waals surface area contributed by atoms with Crippen molar-refractivity contribution >= 4 is 94.1 Å². The normalized spacial score (nSPS) is 15.5. The Morgan fingerprint density at radius 3 is 1.35 bits per heavy atom. The average Bonchev–Trinajstić information content (AvgIpc) is 3.68. The van der Waals surface area contributed by atoms with E-state index in [0.29, 0.717) is 46.4 Å². The first-order chi connectivity index (χ1) is 37.4. The molecule has 4 atom stereocenters. The standard InChI is InChI=1S/C28H32N4O8.C28H32N4O7/c1-16-9-19(10-17(2)26(16)37)27(38)30-21-12-31(25(36)15-40-4)22-7-5-6-8-23(22)32(28(21)39)13-24(35)29-20(14-33)11-18(3)34;1-16-10-20(11-17(2)26(16)39-5)27(37)30-22-13-31(19(4)35)23-8-6-7-9-24(23)32(28(22)38)14-25(36)29-21(15-33)12-18(3)34/h5-10,14,20-21,37H,11-13,15H2,1-4H3,(H,29,35)(H,30,38);6-11,15,21-22H,12-14H2,1-5H3,(H,29,36)(H,30,37)/t20-,21-;21-,22-/m00/s1. The second-order valence-corrected chi connectivity index (χ2v) is 19.0. The Labute approximate surface area is 455 Å². The van der Waals surface area contributed by atoms with Gasteiger partial charge in [0.25, 0.3) is 29.5 Å². The number of benzene rings is 4. The quantitative estimate of drug-likeness (QED) is 0.0842. The van der Waals surface area contributed by atoms with Crippen molar-refractivity contribution in [2.24, 2.45) is 0 Å². The maximum Gasteiger partial charge on any atom is 0.253 e. The molecule has 23 nitrogen and oxygen atoms in total. The molecule has 0 unspecified atom stereocenters. The second kappa shape index (κ2) is 27.3. The molecule has 0 saturated heterocycles. The predicted octanol–water partition coefficient (Wildman–Crippen LogP) is 2.27. The van der Waals surface area contributed by atoms with E-state index < -0.39 is 78.6 Å². The number of Topliss-reactive ketones (excluding diaryl/α,β-unsaturated/α-hetero) is 2. The molecule has 8 amide bonds. The van der Waals surface area contributed by atoms with E-state index in [1.165, 1.54) is 61.8 Å². The molecule has 79 heavy (non-hydrogen) atoms. The number of aryl methyl sites for hydroxylation is 4. The second-order valence-electron chi connectivity index (χ2n) is 19.0. The highest BCUT2D eigenvalue weighted by molar-refractivity contribution is 6.12. The van der Waals surface area contributed by atoms with Crippen LogP contribution in [0.1, 0.15) is 76.6 Å². The lowest BCUT2D eigenvalue weighted by Crippen LogP contribution is -2.55. The van der Waals surface area contributed by atoms with Gasteiger partial charge in [-0.1, -0.05) is 24.3 Å². The number of carbonyl (C=O) groups excluding carboxylic acids is 12. The third-order valence-electron chi connectivity index (χ3n) is 12.7. The Hall–Kier alpha value is -9.12. The zero-order valence-electron chi connectivity index (χ0n) is 45.3. The molecule has 0 aliphatic carbocycles. The Morgan fingerprint density at radius 1 is 0.608 bits per heavy atom. The topological polar surface area (TPSA) is 305 Å². The van der Waals surface area contributed by atoms with Gasteiger partial charge in [-0.25, -0.2) is 0 Å². The lowest BCUT2D eigenvalue weighted by Gasteiger charge is -2.25. The maximum atomic E-state index is 13.9. The summed E-state index contributed by atoms with van der Waals surface area (Å²) >= 11 is 0. The zero-order valence-corrected chi connectivity index (χ0v) is 45.3. The fourth-order valence-corrected chi connectivity index (χ4v) is 9.10. The zero-order chi connectivity index (χ0) is 58.4. The summed E-state index contributed by atoms with van der Waals surface area (Å²) in [5.41, 5.74) is 4.12. The fourth-order valence-electron chi connectivity index (χ4n) is 9.10. The van der Waals surface area contributed by atoms with Gasteiger partial charge < -0.3 is 55.2 Å². The molecule has 0 bridgehead atoms. The van der Waals surface area contributed by atoms with E-state index in [1.54, 1.807) is 88.4 Å². The lowest BCUT2D eigenvalue weighted by molar-refractivity contribution is -0.127. The molecule has 5 N–H and O–H groups in total. The summed E-state index contributed by atoms with van der Waals surface area (Å²) < 4.78 is 10.4. The summed E-state index contributed by atoms with van der Waals surface area (Å²) in [6.45, 7) is 9.03. The van der Waals surface area contributed by atoms with Gasteiger partial charge in [0.05, 0.1) is 55.0 Å². The number of methoxy groups -OCH3 is 2. The van der Waals surface area contributed by atoms with Gasteiger partial charge in [0.1, 0.15) is 67.4 Å². The summed E-state index contributed by atoms with van der Waals surface area (Å²) in [7, 11) is 2.89. The van der Waals surface area contributed by atoms with Gasteiger partial charge >= 0.3 is 0 Å². The summed E-state index contributed by atoms with van der Waals surface area (Å²) in [6, 6.07) is 14.6. The third-order valence-corrected chi connectivity index (χ3v) is 12.7. The Kier molecular flexibility index (Phi) is 21.0. The van der Waals surface area contributed by atoms with Crippen LogP contribution in [-0.2, 0) is 52.7 Å². The van der Waals surface area contributed by atoms with E-state index in [0.717, 1.165) is 16.0 Å². The number of fused-ring (bicyclic) bond motifs is 2. The van der Waals surface area contributed by atoms with Gasteiger partial charge in [-0.15, -0.1) is 0 Å². The van der Waals surface area contributed by atoms with Gasteiger partial charge in [-0.2, -0.15) is 0 Å². The number of nitrogens with zero attached hydrogens (tertiary/aromatic N) is 4. The molecule has 0 fully saturated rings. The molecule has 0 saturated carbocycles. The number of anilines is 4. The van der Waals surface area contributed by atoms with Gasteiger partial charge in [-0.05, 0) is 112 Å². The molecule has 2 aliphatic heterocycles. The van der Waals surface area contributed by atoms with Crippen LogP contribution in [0.3, 0.4) is 0 Å². The molecule has 418 valence electrons. The van der Waals surface area contributed by atoms with Crippen molar-refractivity contribution in [2.75, 3.05) is 66.6 Å². The molecular formula is C56H64N8O15. The Bertz CT molecular complexity index is 3020. The minimum absolute atomic E-state index is 0.0458. The van der Waals surface area contributed by atoms with Crippen LogP contribution in [0.4, 0.5) is 22.7 Å². The van der Waals surface area contributed by atoms with Crippen molar-refractivity contribution in [1.29, 1.82) is 0 Å². The van der Waals surface area contributed by atoms with Crippen LogP contribution < -0.4 is 45.6 Å². The van der Waals surface area contributed by atoms with Crippen LogP contribution in [0.2, 0.25) is 0 Å². The number of ketones is 2. The van der Waals surface area contributed by atoms with Gasteiger partial charge in [0.15, 0.2) is 0 Å². The molecule has 0 aromatic heterocycles. The van der Waals surface area contributed by atoms with Gasteiger partial charge in [-0.3, -0.25) is 57.7 Å². The number of phenolic OH excluding ortho intramolecular Hbond substituents is 1. The number of aldehydes is 2. The summed E-state index contributed by atoms with van der Waals surface area (Å²) in [6.07, 6.45) is 0.505. The van der Waals surface area contributed by atoms with Crippen LogP contribution in [0, 0.1) is 27.7 Å². The molecule has 2 heterocycles.